The third-order valence-corrected chi connectivity index (χ3v) is 8.13. The summed E-state index contributed by atoms with van der Waals surface area (Å²) in [6, 6.07) is 46.2. The molecule has 2 nitrogen and oxygen atoms in total. The molecule has 6 aromatic rings. The molecule has 0 amide bonds. The van der Waals surface area contributed by atoms with Crippen molar-refractivity contribution in [3.63, 3.8) is 0 Å². The first-order valence-electron chi connectivity index (χ1n) is 13.3. The van der Waals surface area contributed by atoms with Gasteiger partial charge in [-0.3, -0.25) is 0 Å². The second-order valence-corrected chi connectivity index (χ2v) is 10.3. The van der Waals surface area contributed by atoms with Crippen molar-refractivity contribution in [1.82, 2.24) is 4.98 Å². The minimum absolute atomic E-state index is 0.197. The van der Waals surface area contributed by atoms with E-state index in [0.717, 1.165) is 0 Å². The second-order valence-electron chi connectivity index (χ2n) is 10.3. The number of nitrogens with one attached hydrogen (secondary N) is 1. The van der Waals surface area contributed by atoms with E-state index >= 15 is 0 Å². The third-order valence-electron chi connectivity index (χ3n) is 8.13. The van der Waals surface area contributed by atoms with Crippen molar-refractivity contribution in [2.24, 2.45) is 0 Å². The summed E-state index contributed by atoms with van der Waals surface area (Å²) >= 11 is 0. The maximum absolute atomic E-state index is 3.80. The van der Waals surface area contributed by atoms with Crippen LogP contribution < -0.4 is 4.90 Å². The maximum Gasteiger partial charge on any atom is 0.0650 e. The van der Waals surface area contributed by atoms with Crippen LogP contribution in [0, 0.1) is 0 Å². The standard InChI is InChI=1S/C36H26N2/c1-3-11-24(12-4-1)26-21-27(25-13-5-2-6-14-25)23-28(22-26)38-33-18-10-8-16-31(33)35-34(38)20-19-30-29-15-7-9-17-32(29)37-36(30)35/h1-23,34-35,37H. The van der Waals surface area contributed by atoms with Gasteiger partial charge in [0, 0.05) is 33.5 Å². The van der Waals surface area contributed by atoms with Crippen molar-refractivity contribution in [3.05, 3.63) is 150 Å². The number of nitrogens with zero attached hydrogens (tertiary/aromatic N) is 1. The Morgan fingerprint density at radius 2 is 1.21 bits per heavy atom. The Morgan fingerprint density at radius 1 is 0.579 bits per heavy atom. The first kappa shape index (κ1) is 21.3. The van der Waals surface area contributed by atoms with Gasteiger partial charge in [-0.2, -0.15) is 0 Å². The zero-order valence-electron chi connectivity index (χ0n) is 20.9. The molecule has 2 aliphatic rings. The van der Waals surface area contributed by atoms with Crippen molar-refractivity contribution in [1.29, 1.82) is 0 Å². The molecule has 5 aromatic carbocycles. The maximum atomic E-state index is 3.80. The number of benzene rings is 5. The summed E-state index contributed by atoms with van der Waals surface area (Å²) in [7, 11) is 0. The molecule has 8 rings (SSSR count). The molecule has 0 radical (unpaired) electrons. The Morgan fingerprint density at radius 3 is 1.95 bits per heavy atom. The Bertz CT molecular complexity index is 1770. The number of rotatable bonds is 3. The van der Waals surface area contributed by atoms with Crippen molar-refractivity contribution < 1.29 is 0 Å². The minimum atomic E-state index is 0.197. The molecular weight excluding hydrogens is 460 g/mol. The van der Waals surface area contributed by atoms with Crippen molar-refractivity contribution >= 4 is 28.4 Å². The molecule has 1 aliphatic carbocycles. The van der Waals surface area contributed by atoms with E-state index in [0.29, 0.717) is 0 Å². The topological polar surface area (TPSA) is 19.0 Å². The van der Waals surface area contributed by atoms with Gasteiger partial charge in [-0.05, 0) is 58.1 Å². The van der Waals surface area contributed by atoms with Crippen molar-refractivity contribution in [3.8, 4) is 22.3 Å². The Kier molecular flexibility index (Phi) is 4.68. The van der Waals surface area contributed by atoms with Crippen LogP contribution in [0.15, 0.2) is 133 Å². The summed E-state index contributed by atoms with van der Waals surface area (Å²) in [6.45, 7) is 0. The van der Waals surface area contributed by atoms with Gasteiger partial charge in [-0.15, -0.1) is 0 Å². The van der Waals surface area contributed by atoms with Crippen LogP contribution in [-0.2, 0) is 0 Å². The fourth-order valence-corrected chi connectivity index (χ4v) is 6.45. The SMILES string of the molecule is C1=CC2C(c3ccccc3N2c2cc(-c3ccccc3)cc(-c3ccccc3)c2)c2[nH]c3ccccc3c21. The van der Waals surface area contributed by atoms with E-state index in [9.17, 15) is 0 Å². The first-order chi connectivity index (χ1) is 18.8. The fourth-order valence-electron chi connectivity index (χ4n) is 6.45. The second kappa shape index (κ2) is 8.36. The number of fused-ring (bicyclic) bond motifs is 7. The summed E-state index contributed by atoms with van der Waals surface area (Å²) in [5, 5.41) is 1.30. The molecule has 1 N–H and O–H groups in total. The molecule has 0 saturated carbocycles. The highest BCUT2D eigenvalue weighted by atomic mass is 15.2. The molecule has 2 heteroatoms. The minimum Gasteiger partial charge on any atom is -0.357 e. The van der Waals surface area contributed by atoms with Gasteiger partial charge < -0.3 is 9.88 Å². The third kappa shape index (κ3) is 3.20. The average molecular weight is 487 g/mol. The van der Waals surface area contributed by atoms with Crippen LogP contribution in [0.2, 0.25) is 0 Å². The molecule has 0 spiro atoms. The number of para-hydroxylation sites is 2. The van der Waals surface area contributed by atoms with E-state index in [1.165, 1.54) is 61.4 Å². The zero-order valence-corrected chi connectivity index (χ0v) is 20.9. The van der Waals surface area contributed by atoms with Crippen LogP contribution in [-0.4, -0.2) is 11.0 Å². The molecule has 0 fully saturated rings. The zero-order chi connectivity index (χ0) is 25.1. The first-order valence-corrected chi connectivity index (χ1v) is 13.3. The van der Waals surface area contributed by atoms with E-state index < -0.39 is 0 Å². The van der Waals surface area contributed by atoms with Gasteiger partial charge in [-0.25, -0.2) is 0 Å². The lowest BCUT2D eigenvalue weighted by Gasteiger charge is -2.31. The highest BCUT2D eigenvalue weighted by Crippen LogP contribution is 2.52. The van der Waals surface area contributed by atoms with E-state index in [2.05, 4.69) is 149 Å². The van der Waals surface area contributed by atoms with Crippen molar-refractivity contribution in [2.75, 3.05) is 4.90 Å². The van der Waals surface area contributed by atoms with Crippen LogP contribution >= 0.6 is 0 Å². The van der Waals surface area contributed by atoms with Crippen LogP contribution in [0.3, 0.4) is 0 Å². The summed E-state index contributed by atoms with van der Waals surface area (Å²) in [5.41, 5.74) is 12.6. The van der Waals surface area contributed by atoms with Gasteiger partial charge in [-0.1, -0.05) is 109 Å². The van der Waals surface area contributed by atoms with E-state index in [4.69, 9.17) is 0 Å². The fraction of sp³-hybridized carbons (Fsp3) is 0.0556. The highest BCUT2D eigenvalue weighted by Gasteiger charge is 2.42. The Labute approximate surface area is 222 Å². The lowest BCUT2D eigenvalue weighted by molar-refractivity contribution is 0.710. The normalized spacial score (nSPS) is 17.3. The molecule has 1 aromatic heterocycles. The predicted octanol–water partition coefficient (Wildman–Crippen LogP) is 9.18. The number of hydrogen-bond donors (Lipinski definition) is 1. The Hall–Kier alpha value is -4.82. The number of anilines is 2. The Balaban J connectivity index is 1.34. The number of hydrogen-bond acceptors (Lipinski definition) is 1. The molecule has 180 valence electrons. The monoisotopic (exact) mass is 486 g/mol. The van der Waals surface area contributed by atoms with Gasteiger partial charge in [0.25, 0.3) is 0 Å². The van der Waals surface area contributed by atoms with Gasteiger partial charge in [0.05, 0.1) is 12.0 Å². The van der Waals surface area contributed by atoms with Gasteiger partial charge in [0.1, 0.15) is 0 Å². The summed E-state index contributed by atoms with van der Waals surface area (Å²) in [6.07, 6.45) is 4.73. The summed E-state index contributed by atoms with van der Waals surface area (Å²) in [5.74, 6) is 0.249. The summed E-state index contributed by atoms with van der Waals surface area (Å²) in [4.78, 5) is 6.34. The summed E-state index contributed by atoms with van der Waals surface area (Å²) < 4.78 is 0. The van der Waals surface area contributed by atoms with Crippen LogP contribution in [0.4, 0.5) is 11.4 Å². The lowest BCUT2D eigenvalue weighted by Crippen LogP contribution is -2.30. The van der Waals surface area contributed by atoms with E-state index in [-0.39, 0.29) is 12.0 Å². The lowest BCUT2D eigenvalue weighted by atomic mass is 9.85. The van der Waals surface area contributed by atoms with E-state index in [1.807, 2.05) is 0 Å². The van der Waals surface area contributed by atoms with Gasteiger partial charge in [0.2, 0.25) is 0 Å². The largest absolute Gasteiger partial charge is 0.357 e. The number of H-pyrrole nitrogens is 1. The van der Waals surface area contributed by atoms with Crippen LogP contribution in [0.25, 0.3) is 39.2 Å². The van der Waals surface area contributed by atoms with Gasteiger partial charge in [0.15, 0.2) is 0 Å². The molecule has 2 heterocycles. The predicted molar refractivity (Wildman–Crippen MR) is 159 cm³/mol. The van der Waals surface area contributed by atoms with Gasteiger partial charge >= 0.3 is 0 Å². The van der Waals surface area contributed by atoms with Crippen molar-refractivity contribution in [2.45, 2.75) is 12.0 Å². The molecular formula is C36H26N2. The molecule has 38 heavy (non-hydrogen) atoms. The molecule has 0 bridgehead atoms. The van der Waals surface area contributed by atoms with Crippen LogP contribution in [0.1, 0.15) is 22.7 Å². The molecule has 0 saturated heterocycles. The van der Waals surface area contributed by atoms with E-state index in [1.54, 1.807) is 0 Å². The molecule has 2 unspecified atom stereocenters. The molecule has 2 atom stereocenters. The smallest absolute Gasteiger partial charge is 0.0650 e. The quantitative estimate of drug-likeness (QED) is 0.264. The van der Waals surface area contributed by atoms with Crippen LogP contribution in [0.5, 0.6) is 0 Å². The highest BCUT2D eigenvalue weighted by molar-refractivity contribution is 5.94. The number of aromatic amines is 1. The molecule has 1 aliphatic heterocycles. The average Bonchev–Trinajstić information content (AvgIpc) is 3.53. The number of aromatic nitrogens is 1.